The highest BCUT2D eigenvalue weighted by Crippen LogP contribution is 2.27. The number of amides is 1. The van der Waals surface area contributed by atoms with Gasteiger partial charge in [-0.25, -0.2) is 9.48 Å². The van der Waals surface area contributed by atoms with Crippen LogP contribution in [0.2, 0.25) is 5.02 Å². The number of para-hydroxylation sites is 1. The van der Waals surface area contributed by atoms with Crippen LogP contribution in [0.5, 0.6) is 0 Å². The maximum Gasteiger partial charge on any atom is 0.365 e. The van der Waals surface area contributed by atoms with Crippen molar-refractivity contribution in [3.8, 4) is 11.3 Å². The van der Waals surface area contributed by atoms with Crippen molar-refractivity contribution >= 4 is 23.2 Å². The lowest BCUT2D eigenvalue weighted by Gasteiger charge is -2.17. The molecular formula is C19H15ClN4O2. The summed E-state index contributed by atoms with van der Waals surface area (Å²) < 4.78 is 1.09. The summed E-state index contributed by atoms with van der Waals surface area (Å²) in [6, 6.07) is 14.8. The van der Waals surface area contributed by atoms with Crippen LogP contribution in [0.25, 0.3) is 11.3 Å². The molecule has 0 spiro atoms. The minimum Gasteiger partial charge on any atom is -0.310 e. The molecule has 0 bridgehead atoms. The second-order valence-corrected chi connectivity index (χ2v) is 6.45. The molecule has 3 aromatic rings. The van der Waals surface area contributed by atoms with Gasteiger partial charge in [-0.2, -0.15) is 10.1 Å². The Morgan fingerprint density at radius 1 is 1.12 bits per heavy atom. The third kappa shape index (κ3) is 3.11. The average Bonchev–Trinajstić information content (AvgIpc) is 3.08. The van der Waals surface area contributed by atoms with Crippen LogP contribution >= 0.6 is 11.6 Å². The van der Waals surface area contributed by atoms with Crippen LogP contribution in [0.4, 0.5) is 5.69 Å². The highest BCUT2D eigenvalue weighted by Gasteiger charge is 2.24. The minimum atomic E-state index is -0.557. The molecule has 0 N–H and O–H groups in total. The van der Waals surface area contributed by atoms with Gasteiger partial charge in [0, 0.05) is 22.8 Å². The van der Waals surface area contributed by atoms with Crippen molar-refractivity contribution in [3.05, 3.63) is 75.8 Å². The molecule has 0 atom stereocenters. The Hall–Kier alpha value is -2.99. The van der Waals surface area contributed by atoms with Gasteiger partial charge in [-0.05, 0) is 30.2 Å². The number of aromatic nitrogens is 3. The maximum atomic E-state index is 12.6. The molecule has 1 amide bonds. The van der Waals surface area contributed by atoms with E-state index in [1.165, 1.54) is 6.20 Å². The number of benzene rings is 2. The summed E-state index contributed by atoms with van der Waals surface area (Å²) in [6.45, 7) is 0.476. The monoisotopic (exact) mass is 366 g/mol. The Kier molecular flexibility index (Phi) is 4.26. The molecule has 4 rings (SSSR count). The van der Waals surface area contributed by atoms with E-state index in [0.29, 0.717) is 17.3 Å². The molecule has 2 aromatic carbocycles. The summed E-state index contributed by atoms with van der Waals surface area (Å²) in [4.78, 5) is 30.6. The number of rotatable bonds is 3. The van der Waals surface area contributed by atoms with Crippen LogP contribution in [0.1, 0.15) is 5.56 Å². The van der Waals surface area contributed by atoms with Gasteiger partial charge in [0.25, 0.3) is 0 Å². The summed E-state index contributed by atoms with van der Waals surface area (Å²) in [5.41, 5.74) is 2.67. The Bertz CT molecular complexity index is 1030. The van der Waals surface area contributed by atoms with Gasteiger partial charge in [-0.3, -0.25) is 4.79 Å². The molecule has 0 fully saturated rings. The van der Waals surface area contributed by atoms with E-state index in [1.807, 2.05) is 24.3 Å². The lowest BCUT2D eigenvalue weighted by molar-refractivity contribution is -0.119. The fraction of sp³-hybridized carbons (Fsp3) is 0.158. The second-order valence-electron chi connectivity index (χ2n) is 6.01. The Morgan fingerprint density at radius 2 is 1.88 bits per heavy atom. The topological polar surface area (TPSA) is 68.1 Å². The fourth-order valence-corrected chi connectivity index (χ4v) is 3.17. The van der Waals surface area contributed by atoms with Gasteiger partial charge in [0.2, 0.25) is 5.91 Å². The van der Waals surface area contributed by atoms with Crippen LogP contribution in [-0.4, -0.2) is 27.2 Å². The lowest BCUT2D eigenvalue weighted by Crippen LogP contribution is -2.37. The highest BCUT2D eigenvalue weighted by molar-refractivity contribution is 6.30. The van der Waals surface area contributed by atoms with E-state index in [0.717, 1.165) is 27.9 Å². The summed E-state index contributed by atoms with van der Waals surface area (Å²) in [5.74, 6) is -0.175. The molecule has 2 heterocycles. The van der Waals surface area contributed by atoms with Crippen LogP contribution in [0, 0.1) is 0 Å². The molecule has 1 aliphatic rings. The third-order valence-corrected chi connectivity index (χ3v) is 4.62. The zero-order chi connectivity index (χ0) is 18.1. The van der Waals surface area contributed by atoms with Gasteiger partial charge in [-0.15, -0.1) is 0 Å². The van der Waals surface area contributed by atoms with Gasteiger partial charge in [0.1, 0.15) is 6.54 Å². The van der Waals surface area contributed by atoms with E-state index in [4.69, 9.17) is 11.6 Å². The predicted octanol–water partition coefficient (Wildman–Crippen LogP) is 2.55. The number of carbonyl (C=O) groups excluding carboxylic acids is 1. The van der Waals surface area contributed by atoms with Crippen molar-refractivity contribution in [2.45, 2.75) is 13.0 Å². The predicted molar refractivity (Wildman–Crippen MR) is 99.2 cm³/mol. The number of hydrogen-bond donors (Lipinski definition) is 0. The number of carbonyl (C=O) groups is 1. The smallest absolute Gasteiger partial charge is 0.310 e. The third-order valence-electron chi connectivity index (χ3n) is 4.37. The normalized spacial score (nSPS) is 12.9. The van der Waals surface area contributed by atoms with Gasteiger partial charge < -0.3 is 4.90 Å². The first-order chi connectivity index (χ1) is 12.6. The van der Waals surface area contributed by atoms with Gasteiger partial charge in [0.05, 0.1) is 11.9 Å². The van der Waals surface area contributed by atoms with Crippen molar-refractivity contribution in [3.63, 3.8) is 0 Å². The minimum absolute atomic E-state index is 0.138. The SMILES string of the molecule is O=C(Cn1ncc(-c2ccc(Cl)cc2)nc1=O)N1CCc2ccccc21. The van der Waals surface area contributed by atoms with E-state index in [-0.39, 0.29) is 12.5 Å². The van der Waals surface area contributed by atoms with Gasteiger partial charge >= 0.3 is 5.69 Å². The van der Waals surface area contributed by atoms with Crippen molar-refractivity contribution in [1.29, 1.82) is 0 Å². The van der Waals surface area contributed by atoms with Crippen LogP contribution in [0.3, 0.4) is 0 Å². The van der Waals surface area contributed by atoms with E-state index in [1.54, 1.807) is 29.2 Å². The van der Waals surface area contributed by atoms with Gasteiger partial charge in [0.15, 0.2) is 0 Å². The van der Waals surface area contributed by atoms with Crippen LogP contribution in [0.15, 0.2) is 59.5 Å². The van der Waals surface area contributed by atoms with Crippen molar-refractivity contribution in [1.82, 2.24) is 14.8 Å². The van der Waals surface area contributed by atoms with Gasteiger partial charge in [-0.1, -0.05) is 41.9 Å². The lowest BCUT2D eigenvalue weighted by atomic mass is 10.2. The number of hydrogen-bond acceptors (Lipinski definition) is 4. The fourth-order valence-electron chi connectivity index (χ4n) is 3.04. The second kappa shape index (κ2) is 6.72. The Morgan fingerprint density at radius 3 is 2.65 bits per heavy atom. The van der Waals surface area contributed by atoms with Crippen LogP contribution < -0.4 is 10.6 Å². The summed E-state index contributed by atoms with van der Waals surface area (Å²) >= 11 is 5.87. The standard InChI is InChI=1S/C19H15ClN4O2/c20-15-7-5-13(6-8-15)16-11-21-24(19(26)22-16)12-18(25)23-10-9-14-3-1-2-4-17(14)23/h1-8,11H,9-10,12H2. The van der Waals surface area contributed by atoms with E-state index >= 15 is 0 Å². The number of halogens is 1. The zero-order valence-electron chi connectivity index (χ0n) is 13.8. The maximum absolute atomic E-state index is 12.6. The molecule has 0 saturated heterocycles. The summed E-state index contributed by atoms with van der Waals surface area (Å²) in [6.07, 6.45) is 2.30. The van der Waals surface area contributed by atoms with Crippen molar-refractivity contribution in [2.24, 2.45) is 0 Å². The summed E-state index contributed by atoms with van der Waals surface area (Å²) in [5, 5.41) is 4.71. The summed E-state index contributed by atoms with van der Waals surface area (Å²) in [7, 11) is 0. The van der Waals surface area contributed by atoms with E-state index < -0.39 is 5.69 Å². The first-order valence-electron chi connectivity index (χ1n) is 8.20. The van der Waals surface area contributed by atoms with E-state index in [9.17, 15) is 9.59 Å². The first-order valence-corrected chi connectivity index (χ1v) is 8.58. The largest absolute Gasteiger partial charge is 0.365 e. The molecule has 0 aliphatic carbocycles. The molecule has 130 valence electrons. The number of fused-ring (bicyclic) bond motifs is 1. The molecule has 0 unspecified atom stereocenters. The number of nitrogens with zero attached hydrogens (tertiary/aromatic N) is 4. The average molecular weight is 367 g/mol. The van der Waals surface area contributed by atoms with E-state index in [2.05, 4.69) is 10.1 Å². The molecule has 1 aliphatic heterocycles. The zero-order valence-corrected chi connectivity index (χ0v) is 14.6. The molecular weight excluding hydrogens is 352 g/mol. The molecule has 0 radical (unpaired) electrons. The molecule has 7 heteroatoms. The Labute approximate surface area is 154 Å². The Balaban J connectivity index is 1.55. The highest BCUT2D eigenvalue weighted by atomic mass is 35.5. The molecule has 26 heavy (non-hydrogen) atoms. The first kappa shape index (κ1) is 16.5. The van der Waals surface area contributed by atoms with Crippen molar-refractivity contribution < 1.29 is 4.79 Å². The van der Waals surface area contributed by atoms with Crippen molar-refractivity contribution in [2.75, 3.05) is 11.4 Å². The van der Waals surface area contributed by atoms with Crippen LogP contribution in [-0.2, 0) is 17.8 Å². The molecule has 6 nitrogen and oxygen atoms in total. The quantitative estimate of drug-likeness (QED) is 0.714. The molecule has 0 saturated carbocycles. The molecule has 1 aromatic heterocycles. The number of anilines is 1.